The molecule has 0 unspecified atom stereocenters. The third kappa shape index (κ3) is 4.04. The summed E-state index contributed by atoms with van der Waals surface area (Å²) < 4.78 is 18.5. The first-order chi connectivity index (χ1) is 10.6. The quantitative estimate of drug-likeness (QED) is 0.838. The number of ether oxygens (including phenoxy) is 1. The van der Waals surface area contributed by atoms with Gasteiger partial charge in [-0.15, -0.1) is 0 Å². The van der Waals surface area contributed by atoms with Crippen molar-refractivity contribution in [3.05, 3.63) is 35.6 Å². The van der Waals surface area contributed by atoms with Gasteiger partial charge in [-0.25, -0.2) is 4.39 Å². The highest BCUT2D eigenvalue weighted by molar-refractivity contribution is 5.94. The smallest absolute Gasteiger partial charge is 0.256 e. The van der Waals surface area contributed by atoms with E-state index in [9.17, 15) is 14.0 Å². The molecule has 1 aromatic rings. The summed E-state index contributed by atoms with van der Waals surface area (Å²) in [4.78, 5) is 25.8. The number of amides is 2. The standard InChI is InChI=1S/C16H21FN2O3/c1-22-11-8-18-15(20)12-6-9-19(10-7-12)16(21)13-4-2-3-5-14(13)17/h2-5,12H,6-11H2,1H3,(H,18,20). The summed E-state index contributed by atoms with van der Waals surface area (Å²) in [7, 11) is 1.58. The molecule has 5 nitrogen and oxygen atoms in total. The second-order valence-electron chi connectivity index (χ2n) is 5.33. The Morgan fingerprint density at radius 2 is 2.00 bits per heavy atom. The van der Waals surface area contributed by atoms with Crippen LogP contribution in [0.25, 0.3) is 0 Å². The van der Waals surface area contributed by atoms with Crippen molar-refractivity contribution in [2.75, 3.05) is 33.4 Å². The number of nitrogens with one attached hydrogen (secondary N) is 1. The summed E-state index contributed by atoms with van der Waals surface area (Å²) >= 11 is 0. The Kier molecular flexibility index (Phi) is 5.89. The molecule has 1 aliphatic rings. The number of carbonyl (C=O) groups is 2. The molecule has 1 aromatic carbocycles. The molecule has 1 N–H and O–H groups in total. The Balaban J connectivity index is 1.85. The summed E-state index contributed by atoms with van der Waals surface area (Å²) in [5.74, 6) is -0.917. The zero-order valence-electron chi connectivity index (χ0n) is 12.7. The number of rotatable bonds is 5. The van der Waals surface area contributed by atoms with Gasteiger partial charge in [-0.3, -0.25) is 9.59 Å². The lowest BCUT2D eigenvalue weighted by Gasteiger charge is -2.31. The monoisotopic (exact) mass is 308 g/mol. The second kappa shape index (κ2) is 7.89. The maximum atomic E-state index is 13.6. The fourth-order valence-corrected chi connectivity index (χ4v) is 2.57. The van der Waals surface area contributed by atoms with Gasteiger partial charge in [0.25, 0.3) is 5.91 Å². The molecule has 2 amide bonds. The van der Waals surface area contributed by atoms with Crippen LogP contribution in [0.1, 0.15) is 23.2 Å². The minimum atomic E-state index is -0.507. The van der Waals surface area contributed by atoms with Crippen LogP contribution in [0.2, 0.25) is 0 Å². The molecule has 0 aliphatic carbocycles. The minimum Gasteiger partial charge on any atom is -0.383 e. The molecule has 0 saturated carbocycles. The van der Waals surface area contributed by atoms with Gasteiger partial charge in [0.15, 0.2) is 0 Å². The van der Waals surface area contributed by atoms with E-state index in [1.54, 1.807) is 24.1 Å². The lowest BCUT2D eigenvalue weighted by molar-refractivity contribution is -0.126. The van der Waals surface area contributed by atoms with Gasteiger partial charge in [0, 0.05) is 32.7 Å². The number of halogens is 1. The molecular weight excluding hydrogens is 287 g/mol. The van der Waals surface area contributed by atoms with Crippen LogP contribution < -0.4 is 5.32 Å². The molecule has 6 heteroatoms. The molecular formula is C16H21FN2O3. The number of methoxy groups -OCH3 is 1. The largest absolute Gasteiger partial charge is 0.383 e. The number of likely N-dealkylation sites (tertiary alicyclic amines) is 1. The van der Waals surface area contributed by atoms with Crippen molar-refractivity contribution < 1.29 is 18.7 Å². The molecule has 120 valence electrons. The van der Waals surface area contributed by atoms with E-state index in [4.69, 9.17) is 4.74 Å². The summed E-state index contributed by atoms with van der Waals surface area (Å²) in [6.45, 7) is 1.91. The van der Waals surface area contributed by atoms with Crippen LogP contribution in [0.5, 0.6) is 0 Å². The van der Waals surface area contributed by atoms with E-state index in [2.05, 4.69) is 5.32 Å². The fraction of sp³-hybridized carbons (Fsp3) is 0.500. The van der Waals surface area contributed by atoms with E-state index >= 15 is 0 Å². The number of piperidine rings is 1. The van der Waals surface area contributed by atoms with Gasteiger partial charge < -0.3 is 15.0 Å². The average Bonchev–Trinajstić information content (AvgIpc) is 2.55. The minimum absolute atomic E-state index is 0.00459. The van der Waals surface area contributed by atoms with Crippen LogP contribution in [0, 0.1) is 11.7 Å². The molecule has 2 rings (SSSR count). The van der Waals surface area contributed by atoms with Crippen LogP contribution in [0.15, 0.2) is 24.3 Å². The summed E-state index contributed by atoms with van der Waals surface area (Å²) in [6, 6.07) is 5.97. The van der Waals surface area contributed by atoms with E-state index in [1.165, 1.54) is 12.1 Å². The van der Waals surface area contributed by atoms with Crippen LogP contribution in [0.4, 0.5) is 4.39 Å². The zero-order valence-corrected chi connectivity index (χ0v) is 12.7. The van der Waals surface area contributed by atoms with E-state index in [0.717, 1.165) is 0 Å². The number of hydrogen-bond acceptors (Lipinski definition) is 3. The molecule has 22 heavy (non-hydrogen) atoms. The lowest BCUT2D eigenvalue weighted by atomic mass is 9.95. The Labute approximate surface area is 129 Å². The first kappa shape index (κ1) is 16.4. The van der Waals surface area contributed by atoms with Crippen molar-refractivity contribution >= 4 is 11.8 Å². The van der Waals surface area contributed by atoms with Crippen LogP contribution >= 0.6 is 0 Å². The van der Waals surface area contributed by atoms with Gasteiger partial charge in [-0.1, -0.05) is 12.1 Å². The third-order valence-electron chi connectivity index (χ3n) is 3.86. The summed E-state index contributed by atoms with van der Waals surface area (Å²) in [6.07, 6.45) is 1.19. The van der Waals surface area contributed by atoms with Crippen molar-refractivity contribution in [1.29, 1.82) is 0 Å². The highest BCUT2D eigenvalue weighted by atomic mass is 19.1. The van der Waals surface area contributed by atoms with Crippen molar-refractivity contribution in [2.45, 2.75) is 12.8 Å². The molecule has 0 atom stereocenters. The fourth-order valence-electron chi connectivity index (χ4n) is 2.57. The number of hydrogen-bond donors (Lipinski definition) is 1. The molecule has 0 spiro atoms. The van der Waals surface area contributed by atoms with Gasteiger partial charge in [-0.2, -0.15) is 0 Å². The van der Waals surface area contributed by atoms with Crippen molar-refractivity contribution in [2.24, 2.45) is 5.92 Å². The summed E-state index contributed by atoms with van der Waals surface area (Å²) in [5, 5.41) is 2.81. The molecule has 0 radical (unpaired) electrons. The Bertz CT molecular complexity index is 528. The Morgan fingerprint density at radius 3 is 2.64 bits per heavy atom. The summed E-state index contributed by atoms with van der Waals surface area (Å²) in [5.41, 5.74) is 0.0884. The van der Waals surface area contributed by atoms with Crippen LogP contribution in [-0.4, -0.2) is 50.1 Å². The lowest BCUT2D eigenvalue weighted by Crippen LogP contribution is -2.43. The molecule has 1 aliphatic heterocycles. The van der Waals surface area contributed by atoms with Gasteiger partial charge in [0.2, 0.25) is 5.91 Å². The van der Waals surface area contributed by atoms with Crippen LogP contribution in [-0.2, 0) is 9.53 Å². The SMILES string of the molecule is COCCNC(=O)C1CCN(C(=O)c2ccccc2F)CC1. The Hall–Kier alpha value is -1.95. The maximum absolute atomic E-state index is 13.6. The van der Waals surface area contributed by atoms with Gasteiger partial charge >= 0.3 is 0 Å². The van der Waals surface area contributed by atoms with Crippen molar-refractivity contribution in [1.82, 2.24) is 10.2 Å². The molecule has 0 bridgehead atoms. The third-order valence-corrected chi connectivity index (χ3v) is 3.86. The predicted molar refractivity (Wildman–Crippen MR) is 79.9 cm³/mol. The highest BCUT2D eigenvalue weighted by Crippen LogP contribution is 2.20. The maximum Gasteiger partial charge on any atom is 0.256 e. The van der Waals surface area contributed by atoms with Crippen LogP contribution in [0.3, 0.4) is 0 Å². The Morgan fingerprint density at radius 1 is 1.32 bits per heavy atom. The topological polar surface area (TPSA) is 58.6 Å². The molecule has 1 saturated heterocycles. The van der Waals surface area contributed by atoms with Crippen molar-refractivity contribution in [3.8, 4) is 0 Å². The van der Waals surface area contributed by atoms with Gasteiger partial charge in [0.1, 0.15) is 5.82 Å². The number of carbonyl (C=O) groups excluding carboxylic acids is 2. The average molecular weight is 308 g/mol. The number of nitrogens with zero attached hydrogens (tertiary/aromatic N) is 1. The highest BCUT2D eigenvalue weighted by Gasteiger charge is 2.28. The van der Waals surface area contributed by atoms with E-state index in [-0.39, 0.29) is 23.3 Å². The van der Waals surface area contributed by atoms with Gasteiger partial charge in [-0.05, 0) is 25.0 Å². The first-order valence-corrected chi connectivity index (χ1v) is 7.44. The van der Waals surface area contributed by atoms with Crippen molar-refractivity contribution in [3.63, 3.8) is 0 Å². The predicted octanol–water partition coefficient (Wildman–Crippen LogP) is 1.44. The van der Waals surface area contributed by atoms with E-state index in [0.29, 0.717) is 39.1 Å². The second-order valence-corrected chi connectivity index (χ2v) is 5.33. The first-order valence-electron chi connectivity index (χ1n) is 7.44. The molecule has 1 heterocycles. The normalized spacial score (nSPS) is 15.6. The van der Waals surface area contributed by atoms with E-state index < -0.39 is 5.82 Å². The molecule has 1 fully saturated rings. The van der Waals surface area contributed by atoms with Gasteiger partial charge in [0.05, 0.1) is 12.2 Å². The molecule has 0 aromatic heterocycles. The zero-order chi connectivity index (χ0) is 15.9. The van der Waals surface area contributed by atoms with E-state index in [1.807, 2.05) is 0 Å². The number of benzene rings is 1.